The molecule has 2 heterocycles. The fourth-order valence-electron chi connectivity index (χ4n) is 3.02. The van der Waals surface area contributed by atoms with Gasteiger partial charge in [0.25, 0.3) is 0 Å². The average Bonchev–Trinajstić information content (AvgIpc) is 2.99. The zero-order chi connectivity index (χ0) is 17.2. The summed E-state index contributed by atoms with van der Waals surface area (Å²) in [5.41, 5.74) is 0. The van der Waals surface area contributed by atoms with Gasteiger partial charge in [-0.3, -0.25) is 0 Å². The van der Waals surface area contributed by atoms with Gasteiger partial charge in [0.2, 0.25) is 10.0 Å². The van der Waals surface area contributed by atoms with E-state index in [-0.39, 0.29) is 12.6 Å². The molecule has 8 heteroatoms. The lowest BCUT2D eigenvalue weighted by Gasteiger charge is -2.34. The van der Waals surface area contributed by atoms with Gasteiger partial charge in [-0.05, 0) is 18.9 Å². The predicted octanol–water partition coefficient (Wildman–Crippen LogP) is 2.55. The summed E-state index contributed by atoms with van der Waals surface area (Å²) in [6.45, 7) is 0.132. The van der Waals surface area contributed by atoms with Crippen molar-refractivity contribution in [3.05, 3.63) is 29.6 Å². The van der Waals surface area contributed by atoms with Crippen LogP contribution in [0, 0.1) is 0 Å². The number of piperidine rings is 1. The number of sulfonamides is 1. The van der Waals surface area contributed by atoms with Gasteiger partial charge in [-0.15, -0.1) is 11.3 Å². The zero-order valence-corrected chi connectivity index (χ0v) is 14.7. The first-order valence-corrected chi connectivity index (χ1v) is 10.1. The Balaban J connectivity index is 1.87. The first-order valence-electron chi connectivity index (χ1n) is 7.78. The van der Waals surface area contributed by atoms with Crippen LogP contribution in [0.15, 0.2) is 34.5 Å². The first-order chi connectivity index (χ1) is 11.5. The van der Waals surface area contributed by atoms with Crippen LogP contribution in [0.4, 0.5) is 0 Å². The summed E-state index contributed by atoms with van der Waals surface area (Å²) < 4.78 is 33.8. The lowest BCUT2D eigenvalue weighted by molar-refractivity contribution is -0.142. The number of rotatable bonds is 6. The van der Waals surface area contributed by atoms with Crippen molar-refractivity contribution in [3.63, 3.8) is 0 Å². The Morgan fingerprint density at radius 3 is 2.92 bits per heavy atom. The molecule has 1 fully saturated rings. The van der Waals surface area contributed by atoms with Crippen molar-refractivity contribution in [2.45, 2.75) is 30.2 Å². The lowest BCUT2D eigenvalue weighted by Crippen LogP contribution is -2.46. The topological polar surface area (TPSA) is 83.9 Å². The second kappa shape index (κ2) is 7.18. The van der Waals surface area contributed by atoms with Gasteiger partial charge in [0.15, 0.2) is 0 Å². The predicted molar refractivity (Wildman–Crippen MR) is 91.8 cm³/mol. The minimum Gasteiger partial charge on any atom is -0.480 e. The van der Waals surface area contributed by atoms with Crippen molar-refractivity contribution >= 4 is 37.4 Å². The Kier molecular flexibility index (Phi) is 5.19. The molecule has 0 spiro atoms. The lowest BCUT2D eigenvalue weighted by atomic mass is 10.1. The molecule has 0 radical (unpaired) electrons. The number of aliphatic carboxylic acids is 1. The Morgan fingerprint density at radius 1 is 1.33 bits per heavy atom. The van der Waals surface area contributed by atoms with Gasteiger partial charge in [-0.25, -0.2) is 13.2 Å². The van der Waals surface area contributed by atoms with Gasteiger partial charge in [0, 0.05) is 28.1 Å². The van der Waals surface area contributed by atoms with Crippen LogP contribution in [0.2, 0.25) is 0 Å². The van der Waals surface area contributed by atoms with E-state index in [1.54, 1.807) is 5.38 Å². The van der Waals surface area contributed by atoms with Crippen LogP contribution in [-0.2, 0) is 19.6 Å². The van der Waals surface area contributed by atoms with E-state index in [2.05, 4.69) is 0 Å². The number of hydrogen-bond donors (Lipinski definition) is 1. The molecule has 1 aliphatic heterocycles. The Labute approximate surface area is 144 Å². The normalized spacial score (nSPS) is 19.6. The molecular weight excluding hydrogens is 350 g/mol. The van der Waals surface area contributed by atoms with E-state index < -0.39 is 22.6 Å². The number of carboxylic acids is 1. The van der Waals surface area contributed by atoms with E-state index in [1.165, 1.54) is 15.6 Å². The molecule has 0 saturated carbocycles. The molecule has 6 nitrogen and oxygen atoms in total. The molecule has 1 aromatic carbocycles. The quantitative estimate of drug-likeness (QED) is 0.846. The molecule has 1 unspecified atom stereocenters. The molecular formula is C16H19NO5S2. The molecule has 0 bridgehead atoms. The summed E-state index contributed by atoms with van der Waals surface area (Å²) in [6.07, 6.45) is 2.40. The minimum atomic E-state index is -3.63. The summed E-state index contributed by atoms with van der Waals surface area (Å²) in [5.74, 6) is -1.05. The molecule has 1 aliphatic rings. The van der Waals surface area contributed by atoms with Crippen LogP contribution < -0.4 is 0 Å². The molecule has 1 N–H and O–H groups in total. The van der Waals surface area contributed by atoms with Crippen molar-refractivity contribution in [2.24, 2.45) is 0 Å². The monoisotopic (exact) mass is 369 g/mol. The van der Waals surface area contributed by atoms with Crippen LogP contribution in [-0.4, -0.2) is 49.6 Å². The van der Waals surface area contributed by atoms with Crippen molar-refractivity contribution in [1.82, 2.24) is 4.31 Å². The summed E-state index contributed by atoms with van der Waals surface area (Å²) >= 11 is 1.41. The molecule has 130 valence electrons. The highest BCUT2D eigenvalue weighted by molar-refractivity contribution is 7.89. The largest absolute Gasteiger partial charge is 0.480 e. The van der Waals surface area contributed by atoms with Crippen LogP contribution in [0.1, 0.15) is 19.3 Å². The van der Waals surface area contributed by atoms with Gasteiger partial charge in [0.05, 0.1) is 6.61 Å². The second-order valence-corrected chi connectivity index (χ2v) is 8.54. The number of benzene rings is 1. The minimum absolute atomic E-state index is 0.105. The number of hydrogen-bond acceptors (Lipinski definition) is 5. The van der Waals surface area contributed by atoms with Crippen molar-refractivity contribution in [2.75, 3.05) is 19.8 Å². The van der Waals surface area contributed by atoms with E-state index in [0.717, 1.165) is 22.9 Å². The van der Waals surface area contributed by atoms with E-state index >= 15 is 0 Å². The smallest absolute Gasteiger partial charge is 0.329 e. The molecule has 0 amide bonds. The highest BCUT2D eigenvalue weighted by Crippen LogP contribution is 2.33. The summed E-state index contributed by atoms with van der Waals surface area (Å²) in [6, 6.07) is 7.12. The number of fused-ring (bicyclic) bond motifs is 1. The van der Waals surface area contributed by atoms with Crippen molar-refractivity contribution in [1.29, 1.82) is 0 Å². The Bertz CT molecular complexity index is 830. The standard InChI is InChI=1S/C16H19NO5S2/c18-16(19)10-22-9-12-5-3-4-8-17(12)24(20,21)15-11-23-14-7-2-1-6-13(14)15/h1-2,6-7,11-12H,3-5,8-10H2,(H,18,19). The summed E-state index contributed by atoms with van der Waals surface area (Å²) in [4.78, 5) is 10.9. The third kappa shape index (κ3) is 3.46. The number of carboxylic acid groups (broad SMARTS) is 1. The van der Waals surface area contributed by atoms with Crippen LogP contribution >= 0.6 is 11.3 Å². The van der Waals surface area contributed by atoms with Gasteiger partial charge in [-0.1, -0.05) is 24.6 Å². The average molecular weight is 369 g/mol. The van der Waals surface area contributed by atoms with E-state index in [1.807, 2.05) is 24.3 Å². The highest BCUT2D eigenvalue weighted by atomic mass is 32.2. The Morgan fingerprint density at radius 2 is 2.12 bits per heavy atom. The number of carbonyl (C=O) groups is 1. The SMILES string of the molecule is O=C(O)COCC1CCCCN1S(=O)(=O)c1csc2ccccc12. The molecule has 3 rings (SSSR count). The zero-order valence-electron chi connectivity index (χ0n) is 13.1. The van der Waals surface area contributed by atoms with Crippen LogP contribution in [0.3, 0.4) is 0 Å². The second-order valence-electron chi connectivity index (χ2n) is 5.77. The fourth-order valence-corrected chi connectivity index (χ4v) is 6.17. The summed E-state index contributed by atoms with van der Waals surface area (Å²) in [5, 5.41) is 11.1. The van der Waals surface area contributed by atoms with E-state index in [9.17, 15) is 13.2 Å². The third-order valence-electron chi connectivity index (χ3n) is 4.14. The molecule has 0 aliphatic carbocycles. The summed E-state index contributed by atoms with van der Waals surface area (Å²) in [7, 11) is -3.63. The van der Waals surface area contributed by atoms with Crippen LogP contribution in [0.5, 0.6) is 0 Å². The van der Waals surface area contributed by atoms with E-state index in [0.29, 0.717) is 17.9 Å². The Hall–Kier alpha value is -1.48. The highest BCUT2D eigenvalue weighted by Gasteiger charge is 2.35. The molecule has 1 saturated heterocycles. The molecule has 1 aromatic heterocycles. The maximum Gasteiger partial charge on any atom is 0.329 e. The van der Waals surface area contributed by atoms with E-state index in [4.69, 9.17) is 9.84 Å². The molecule has 1 atom stereocenters. The number of thiophene rings is 1. The fraction of sp³-hybridized carbons (Fsp3) is 0.438. The van der Waals surface area contributed by atoms with Crippen molar-refractivity contribution < 1.29 is 23.1 Å². The molecule has 24 heavy (non-hydrogen) atoms. The van der Waals surface area contributed by atoms with Gasteiger partial charge >= 0.3 is 5.97 Å². The van der Waals surface area contributed by atoms with Gasteiger partial charge in [0.1, 0.15) is 11.5 Å². The molecule has 2 aromatic rings. The van der Waals surface area contributed by atoms with Crippen molar-refractivity contribution in [3.8, 4) is 0 Å². The number of ether oxygens (including phenoxy) is 1. The van der Waals surface area contributed by atoms with Gasteiger partial charge < -0.3 is 9.84 Å². The maximum atomic E-state index is 13.1. The van der Waals surface area contributed by atoms with Gasteiger partial charge in [-0.2, -0.15) is 4.31 Å². The maximum absolute atomic E-state index is 13.1. The third-order valence-corrected chi connectivity index (χ3v) is 7.25. The first kappa shape index (κ1) is 17.3. The van der Waals surface area contributed by atoms with Crippen LogP contribution in [0.25, 0.3) is 10.1 Å². The number of nitrogens with zero attached hydrogens (tertiary/aromatic N) is 1.